The van der Waals surface area contributed by atoms with Gasteiger partial charge in [0, 0.05) is 15.2 Å². The topological polar surface area (TPSA) is 0 Å². The van der Waals surface area contributed by atoms with E-state index in [1.807, 2.05) is 5.38 Å². The second-order valence-electron chi connectivity index (χ2n) is 2.18. The molecule has 1 aromatic rings. The van der Waals surface area contributed by atoms with Crippen molar-refractivity contribution >= 4 is 38.2 Å². The van der Waals surface area contributed by atoms with Gasteiger partial charge in [-0.3, -0.25) is 0 Å². The smallest absolute Gasteiger partial charge is 0.150 e. The van der Waals surface area contributed by atoms with Gasteiger partial charge in [0.15, 0.2) is 5.25 Å². The Labute approximate surface area is 82.5 Å². The number of hydrogen-bond donors (Lipinski definition) is 0. The molecule has 0 atom stereocenters. The molecule has 0 aliphatic rings. The molecule has 0 N–H and O–H groups in total. The zero-order valence-corrected chi connectivity index (χ0v) is 9.57. The normalized spacial score (nSPS) is 9.45. The Morgan fingerprint density at radius 3 is 2.64 bits per heavy atom. The summed E-state index contributed by atoms with van der Waals surface area (Å²) in [5.41, 5.74) is 1.11. The van der Waals surface area contributed by atoms with Gasteiger partial charge in [-0.25, -0.2) is 0 Å². The van der Waals surface area contributed by atoms with Crippen LogP contribution in [-0.4, -0.2) is 12.5 Å². The molecule has 0 saturated carbocycles. The Balaban J connectivity index is 2.81. The van der Waals surface area contributed by atoms with Gasteiger partial charge in [-0.1, -0.05) is 0 Å². The highest BCUT2D eigenvalue weighted by Crippen LogP contribution is 2.19. The number of hydrogen-bond acceptors (Lipinski definition) is 1. The minimum Gasteiger partial charge on any atom is -0.150 e. The monoisotopic (exact) mass is 247 g/mol. The molecule has 58 valence electrons. The summed E-state index contributed by atoms with van der Waals surface area (Å²) in [5, 5.41) is 7.25. The Hall–Kier alpha value is 0.0900. The highest BCUT2D eigenvalue weighted by molar-refractivity contribution is 9.10. The minimum absolute atomic E-state index is 0.214. The van der Waals surface area contributed by atoms with Crippen LogP contribution in [0.3, 0.4) is 0 Å². The summed E-state index contributed by atoms with van der Waals surface area (Å²) in [5.74, 6) is 3.12. The predicted octanol–water partition coefficient (Wildman–Crippen LogP) is 2.70. The zero-order chi connectivity index (χ0) is 8.27. The molecule has 0 aliphatic heterocycles. The standard InChI is InChI=1S/C8H8BrS2/c1-11(2)4-3-7-5-10-6-8(7)9/h5-6H,1-2H3/q+1. The summed E-state index contributed by atoms with van der Waals surface area (Å²) in [4.78, 5) is 0. The maximum atomic E-state index is 3.43. The fourth-order valence-corrected chi connectivity index (χ4v) is 2.17. The number of thiophene rings is 1. The summed E-state index contributed by atoms with van der Waals surface area (Å²) in [6.45, 7) is 0. The third kappa shape index (κ3) is 2.90. The van der Waals surface area contributed by atoms with Gasteiger partial charge in [-0.2, -0.15) is 0 Å². The SMILES string of the molecule is C[S+](C)C#Cc1cscc1Br. The van der Waals surface area contributed by atoms with Crippen molar-refractivity contribution < 1.29 is 0 Å². The van der Waals surface area contributed by atoms with Crippen molar-refractivity contribution in [3.05, 3.63) is 20.8 Å². The molecule has 11 heavy (non-hydrogen) atoms. The lowest BCUT2D eigenvalue weighted by molar-refractivity contribution is 1.78. The van der Waals surface area contributed by atoms with Gasteiger partial charge >= 0.3 is 0 Å². The lowest BCUT2D eigenvalue weighted by atomic mass is 10.4. The van der Waals surface area contributed by atoms with Crippen LogP contribution in [0.25, 0.3) is 0 Å². The van der Waals surface area contributed by atoms with Crippen LogP contribution in [-0.2, 0) is 10.9 Å². The van der Waals surface area contributed by atoms with Gasteiger partial charge in [-0.05, 0) is 21.9 Å². The molecule has 0 unspecified atom stereocenters. The van der Waals surface area contributed by atoms with Crippen molar-refractivity contribution in [2.45, 2.75) is 0 Å². The third-order valence-corrected chi connectivity index (χ3v) is 3.22. The van der Waals surface area contributed by atoms with Gasteiger partial charge in [0.2, 0.25) is 0 Å². The molecule has 0 saturated heterocycles. The molecule has 0 spiro atoms. The minimum atomic E-state index is 0.214. The lowest BCUT2D eigenvalue weighted by Gasteiger charge is -1.80. The molecule has 0 aliphatic carbocycles. The van der Waals surface area contributed by atoms with E-state index in [2.05, 4.69) is 45.0 Å². The van der Waals surface area contributed by atoms with Crippen molar-refractivity contribution in [3.8, 4) is 11.2 Å². The van der Waals surface area contributed by atoms with E-state index in [4.69, 9.17) is 0 Å². The van der Waals surface area contributed by atoms with E-state index < -0.39 is 0 Å². The van der Waals surface area contributed by atoms with E-state index in [-0.39, 0.29) is 10.9 Å². The van der Waals surface area contributed by atoms with Crippen molar-refractivity contribution in [2.75, 3.05) is 12.5 Å². The van der Waals surface area contributed by atoms with Crippen LogP contribution in [0.4, 0.5) is 0 Å². The fourth-order valence-electron chi connectivity index (χ4n) is 0.528. The average Bonchev–Trinajstić information content (AvgIpc) is 2.31. The second kappa shape index (κ2) is 4.20. The van der Waals surface area contributed by atoms with Gasteiger partial charge < -0.3 is 0 Å². The number of halogens is 1. The van der Waals surface area contributed by atoms with Gasteiger partial charge in [0.05, 0.1) is 16.5 Å². The van der Waals surface area contributed by atoms with E-state index in [0.717, 1.165) is 10.0 Å². The van der Waals surface area contributed by atoms with Crippen LogP contribution in [0.2, 0.25) is 0 Å². The van der Waals surface area contributed by atoms with Crippen LogP contribution < -0.4 is 0 Å². The lowest BCUT2D eigenvalue weighted by Crippen LogP contribution is -1.86. The molecule has 0 fully saturated rings. The zero-order valence-electron chi connectivity index (χ0n) is 6.35. The van der Waals surface area contributed by atoms with Crippen molar-refractivity contribution in [2.24, 2.45) is 0 Å². The van der Waals surface area contributed by atoms with Gasteiger partial charge in [-0.15, -0.1) is 11.3 Å². The molecule has 3 heteroatoms. The molecular weight excluding hydrogens is 240 g/mol. The van der Waals surface area contributed by atoms with Gasteiger partial charge in [0.1, 0.15) is 12.5 Å². The first-order valence-electron chi connectivity index (χ1n) is 3.01. The van der Waals surface area contributed by atoms with Crippen molar-refractivity contribution in [1.82, 2.24) is 0 Å². The van der Waals surface area contributed by atoms with Crippen LogP contribution in [0, 0.1) is 11.2 Å². The van der Waals surface area contributed by atoms with Crippen molar-refractivity contribution in [3.63, 3.8) is 0 Å². The summed E-state index contributed by atoms with van der Waals surface area (Å²) in [6.07, 6.45) is 4.24. The predicted molar refractivity (Wildman–Crippen MR) is 58.1 cm³/mol. The Kier molecular flexibility index (Phi) is 3.50. The molecule has 0 nitrogen and oxygen atoms in total. The van der Waals surface area contributed by atoms with Crippen LogP contribution in [0.15, 0.2) is 15.2 Å². The summed E-state index contributed by atoms with van der Waals surface area (Å²) < 4.78 is 1.11. The molecule has 1 heterocycles. The van der Waals surface area contributed by atoms with E-state index in [9.17, 15) is 0 Å². The first-order valence-corrected chi connectivity index (χ1v) is 6.79. The molecule has 0 bridgehead atoms. The van der Waals surface area contributed by atoms with Gasteiger partial charge in [0.25, 0.3) is 0 Å². The highest BCUT2D eigenvalue weighted by Gasteiger charge is 1.98. The summed E-state index contributed by atoms with van der Waals surface area (Å²) in [7, 11) is 0.214. The molecule has 0 radical (unpaired) electrons. The fraction of sp³-hybridized carbons (Fsp3) is 0.250. The molecule has 1 rings (SSSR count). The maximum absolute atomic E-state index is 3.43. The summed E-state index contributed by atoms with van der Waals surface area (Å²) >= 11 is 5.10. The highest BCUT2D eigenvalue weighted by atomic mass is 79.9. The number of rotatable bonds is 0. The first-order chi connectivity index (χ1) is 5.20. The van der Waals surface area contributed by atoms with E-state index in [1.165, 1.54) is 0 Å². The molecule has 0 aromatic carbocycles. The second-order valence-corrected chi connectivity index (χ2v) is 5.61. The van der Waals surface area contributed by atoms with E-state index >= 15 is 0 Å². The van der Waals surface area contributed by atoms with Crippen LogP contribution in [0.5, 0.6) is 0 Å². The quantitative estimate of drug-likeness (QED) is 0.489. The molecule has 1 aromatic heterocycles. The first kappa shape index (κ1) is 9.18. The van der Waals surface area contributed by atoms with E-state index in [0.29, 0.717) is 0 Å². The summed E-state index contributed by atoms with van der Waals surface area (Å²) in [6, 6.07) is 0. The Bertz CT molecular complexity index is 291. The van der Waals surface area contributed by atoms with Crippen molar-refractivity contribution in [1.29, 1.82) is 0 Å². The molecule has 0 amide bonds. The van der Waals surface area contributed by atoms with Crippen LogP contribution >= 0.6 is 27.3 Å². The Morgan fingerprint density at radius 1 is 1.45 bits per heavy atom. The van der Waals surface area contributed by atoms with Crippen LogP contribution in [0.1, 0.15) is 5.56 Å². The van der Waals surface area contributed by atoms with E-state index in [1.54, 1.807) is 11.3 Å². The molecular formula is C8H8BrS2+. The Morgan fingerprint density at radius 2 is 2.18 bits per heavy atom. The average molecular weight is 248 g/mol. The third-order valence-electron chi connectivity index (χ3n) is 1.00. The maximum Gasteiger partial charge on any atom is 0.156 e. The largest absolute Gasteiger partial charge is 0.156 e.